The molecule has 1 atom stereocenters. The van der Waals surface area contributed by atoms with Crippen LogP contribution in [-0.4, -0.2) is 26.3 Å². The van der Waals surface area contributed by atoms with Crippen molar-refractivity contribution < 1.29 is 4.79 Å². The van der Waals surface area contributed by atoms with Gasteiger partial charge in [-0.1, -0.05) is 92.6 Å². The van der Waals surface area contributed by atoms with Crippen LogP contribution in [-0.2, 0) is 17.6 Å². The van der Waals surface area contributed by atoms with Crippen molar-refractivity contribution in [3.8, 4) is 0 Å². The molecule has 8 heteroatoms. The zero-order valence-corrected chi connectivity index (χ0v) is 26.5. The van der Waals surface area contributed by atoms with Crippen LogP contribution in [0.3, 0.4) is 0 Å². The molecule has 2 heterocycles. The Morgan fingerprint density at radius 1 is 1.02 bits per heavy atom. The molecule has 0 fully saturated rings. The van der Waals surface area contributed by atoms with E-state index in [9.17, 15) is 4.79 Å². The number of hydrogen-bond donors (Lipinski definition) is 2. The van der Waals surface area contributed by atoms with Gasteiger partial charge in [0.2, 0.25) is 11.0 Å². The van der Waals surface area contributed by atoms with Gasteiger partial charge in [-0.25, -0.2) is 0 Å². The summed E-state index contributed by atoms with van der Waals surface area (Å²) in [5.74, 6) is 0.428. The summed E-state index contributed by atoms with van der Waals surface area (Å²) in [4.78, 5) is 12.2. The maximum absolute atomic E-state index is 12.2. The van der Waals surface area contributed by atoms with Crippen LogP contribution in [0.15, 0.2) is 103 Å². The maximum Gasteiger partial charge on any atom is 0.229 e. The Kier molecular flexibility index (Phi) is 13.0. The monoisotopic (exact) mass is 594 g/mol. The summed E-state index contributed by atoms with van der Waals surface area (Å²) >= 11 is 1.55. The number of carbonyl (C=O) groups is 1. The number of hydrogen-bond acceptors (Lipinski definition) is 7. The Balaban J connectivity index is 1.44. The number of aryl methyl sites for hydroxylation is 2. The number of carbonyl (C=O) groups excluding carboxylic acids is 1. The van der Waals surface area contributed by atoms with Crippen molar-refractivity contribution in [2.24, 2.45) is 0 Å². The minimum absolute atomic E-state index is 0.0773. The molecule has 2 N–H and O–H groups in total. The molecule has 3 aromatic rings. The molecule has 2 aromatic heterocycles. The van der Waals surface area contributed by atoms with Crippen LogP contribution >= 0.6 is 11.3 Å². The number of allylic oxidation sites excluding steroid dienone is 8. The topological polar surface area (TPSA) is 92.7 Å². The standard InChI is InChI=1S/C35H42N6OS/c1-8-14-24(4)25(5)29-16-13-17-30(23-29)26(6)27(7)36-35-41-40-34(43-35)19-12-11-18-31-20-21-32(39-38-31)37-33(42)22-28(10-3)15-9-2/h8-10,13-17,20-21,23,26H,1,5,7,11-12,18-19,22H2,2-4,6H3,(H,36,41)(H,37,39,42)/b15-9-,24-14+,28-10+. The molecule has 1 unspecified atom stereocenters. The average molecular weight is 595 g/mol. The highest BCUT2D eigenvalue weighted by Crippen LogP contribution is 2.29. The van der Waals surface area contributed by atoms with Crippen molar-refractivity contribution >= 4 is 33.8 Å². The third-order valence-electron chi connectivity index (χ3n) is 7.01. The fraction of sp³-hybridized carbons (Fsp3) is 0.286. The summed E-state index contributed by atoms with van der Waals surface area (Å²) in [5, 5.41) is 25.0. The Hall–Kier alpha value is -4.43. The van der Waals surface area contributed by atoms with Gasteiger partial charge in [0.15, 0.2) is 5.82 Å². The van der Waals surface area contributed by atoms with Crippen LogP contribution in [0.25, 0.3) is 5.57 Å². The van der Waals surface area contributed by atoms with E-state index in [1.165, 1.54) is 0 Å². The van der Waals surface area contributed by atoms with Crippen molar-refractivity contribution in [3.63, 3.8) is 0 Å². The fourth-order valence-corrected chi connectivity index (χ4v) is 5.15. The van der Waals surface area contributed by atoms with E-state index >= 15 is 0 Å². The smallest absolute Gasteiger partial charge is 0.229 e. The molecule has 1 amide bonds. The number of benzene rings is 1. The molecule has 7 nitrogen and oxygen atoms in total. The minimum atomic E-state index is -0.111. The lowest BCUT2D eigenvalue weighted by Crippen LogP contribution is -2.13. The zero-order chi connectivity index (χ0) is 31.2. The van der Waals surface area contributed by atoms with Crippen molar-refractivity contribution in [3.05, 3.63) is 125 Å². The normalized spacial score (nSPS) is 12.7. The van der Waals surface area contributed by atoms with Crippen LogP contribution in [0, 0.1) is 0 Å². The molecule has 43 heavy (non-hydrogen) atoms. The molecule has 3 rings (SSSR count). The number of aromatic nitrogens is 4. The molecule has 0 saturated carbocycles. The Morgan fingerprint density at radius 2 is 1.81 bits per heavy atom. The largest absolute Gasteiger partial charge is 0.334 e. The lowest BCUT2D eigenvalue weighted by molar-refractivity contribution is -0.115. The third kappa shape index (κ3) is 10.4. The van der Waals surface area contributed by atoms with E-state index in [0.29, 0.717) is 12.2 Å². The number of unbranched alkanes of at least 4 members (excludes halogenated alkanes) is 1. The number of anilines is 2. The highest BCUT2D eigenvalue weighted by atomic mass is 32.1. The van der Waals surface area contributed by atoms with Gasteiger partial charge in [0.05, 0.1) is 12.1 Å². The van der Waals surface area contributed by atoms with Crippen molar-refractivity contribution in [1.29, 1.82) is 0 Å². The van der Waals surface area contributed by atoms with Gasteiger partial charge in [-0.2, -0.15) is 5.10 Å². The summed E-state index contributed by atoms with van der Waals surface area (Å²) in [5.41, 5.74) is 7.01. The molecule has 0 bridgehead atoms. The van der Waals surface area contributed by atoms with Gasteiger partial charge in [0, 0.05) is 18.0 Å². The number of rotatable bonds is 16. The summed E-state index contributed by atoms with van der Waals surface area (Å²) in [6, 6.07) is 12.1. The second kappa shape index (κ2) is 16.9. The minimum Gasteiger partial charge on any atom is -0.334 e. The van der Waals surface area contributed by atoms with E-state index in [2.05, 4.69) is 82.0 Å². The van der Waals surface area contributed by atoms with E-state index in [4.69, 9.17) is 0 Å². The Labute approximate surface area is 260 Å². The molecular formula is C35H42N6OS. The van der Waals surface area contributed by atoms with E-state index in [0.717, 1.165) is 75.1 Å². The predicted molar refractivity (Wildman–Crippen MR) is 181 cm³/mol. The van der Waals surface area contributed by atoms with Crippen LogP contribution in [0.5, 0.6) is 0 Å². The van der Waals surface area contributed by atoms with E-state index < -0.39 is 0 Å². The van der Waals surface area contributed by atoms with E-state index in [1.54, 1.807) is 23.5 Å². The lowest BCUT2D eigenvalue weighted by atomic mass is 9.93. The molecule has 0 spiro atoms. The number of amides is 1. The SMILES string of the molecule is C=C/C=C(\C)C(=C)c1cccc(C(C)C(=C)Nc2nnc(CCCCc3ccc(NC(=O)CC(/C=C\C)=C/C)nn3)s2)c1. The fourth-order valence-electron chi connectivity index (χ4n) is 4.34. The molecule has 0 aliphatic carbocycles. The maximum atomic E-state index is 12.2. The van der Waals surface area contributed by atoms with Gasteiger partial charge in [-0.15, -0.1) is 15.3 Å². The quantitative estimate of drug-likeness (QED) is 0.127. The van der Waals surface area contributed by atoms with Crippen LogP contribution < -0.4 is 10.6 Å². The van der Waals surface area contributed by atoms with Crippen molar-refractivity contribution in [2.45, 2.75) is 65.7 Å². The average Bonchev–Trinajstić information content (AvgIpc) is 3.46. The summed E-state index contributed by atoms with van der Waals surface area (Å²) in [6.07, 6.45) is 13.4. The zero-order valence-electron chi connectivity index (χ0n) is 25.7. The second-order valence-electron chi connectivity index (χ2n) is 10.3. The first-order chi connectivity index (χ1) is 20.7. The van der Waals surface area contributed by atoms with Gasteiger partial charge in [0.1, 0.15) is 5.01 Å². The highest BCUT2D eigenvalue weighted by Gasteiger charge is 2.14. The molecule has 224 valence electrons. The summed E-state index contributed by atoms with van der Waals surface area (Å²) < 4.78 is 0. The Bertz CT molecular complexity index is 1510. The van der Waals surface area contributed by atoms with Crippen LogP contribution in [0.2, 0.25) is 0 Å². The first kappa shape index (κ1) is 33.1. The second-order valence-corrected chi connectivity index (χ2v) is 11.3. The molecule has 0 aliphatic rings. The molecule has 1 aromatic carbocycles. The predicted octanol–water partition coefficient (Wildman–Crippen LogP) is 8.62. The molecule has 0 aliphatic heterocycles. The molecule has 0 saturated heterocycles. The first-order valence-electron chi connectivity index (χ1n) is 14.5. The van der Waals surface area contributed by atoms with Crippen LogP contribution in [0.4, 0.5) is 10.9 Å². The number of nitrogens with one attached hydrogen (secondary N) is 2. The van der Waals surface area contributed by atoms with E-state index in [-0.39, 0.29) is 11.8 Å². The third-order valence-corrected chi connectivity index (χ3v) is 7.91. The number of nitrogens with zero attached hydrogens (tertiary/aromatic N) is 4. The molecule has 0 radical (unpaired) electrons. The summed E-state index contributed by atoms with van der Waals surface area (Å²) in [7, 11) is 0. The Morgan fingerprint density at radius 3 is 2.51 bits per heavy atom. The van der Waals surface area contributed by atoms with Gasteiger partial charge in [-0.05, 0) is 80.0 Å². The van der Waals surface area contributed by atoms with Gasteiger partial charge >= 0.3 is 0 Å². The first-order valence-corrected chi connectivity index (χ1v) is 15.3. The summed E-state index contributed by atoms with van der Waals surface area (Å²) in [6.45, 7) is 20.3. The highest BCUT2D eigenvalue weighted by molar-refractivity contribution is 7.15. The van der Waals surface area contributed by atoms with E-state index in [1.807, 2.05) is 51.1 Å². The van der Waals surface area contributed by atoms with Gasteiger partial charge in [-0.3, -0.25) is 4.79 Å². The van der Waals surface area contributed by atoms with Crippen molar-refractivity contribution in [2.75, 3.05) is 10.6 Å². The van der Waals surface area contributed by atoms with Crippen molar-refractivity contribution in [1.82, 2.24) is 20.4 Å². The molecular weight excluding hydrogens is 552 g/mol. The lowest BCUT2D eigenvalue weighted by Gasteiger charge is -2.17. The van der Waals surface area contributed by atoms with Gasteiger partial charge < -0.3 is 10.6 Å². The van der Waals surface area contributed by atoms with Gasteiger partial charge in [0.25, 0.3) is 0 Å². The van der Waals surface area contributed by atoms with Crippen LogP contribution in [0.1, 0.15) is 74.7 Å².